The highest BCUT2D eigenvalue weighted by molar-refractivity contribution is 8.00. The molecule has 4 aromatic rings. The van der Waals surface area contributed by atoms with E-state index in [9.17, 15) is 4.79 Å². The summed E-state index contributed by atoms with van der Waals surface area (Å²) in [6.07, 6.45) is 0. The molecule has 2 aromatic heterocycles. The van der Waals surface area contributed by atoms with Crippen LogP contribution in [0.4, 0.5) is 5.69 Å². The molecule has 0 aliphatic heterocycles. The number of anilines is 1. The molecule has 0 aliphatic carbocycles. The number of hydrogen-bond acceptors (Lipinski definition) is 5. The van der Waals surface area contributed by atoms with E-state index < -0.39 is 0 Å². The van der Waals surface area contributed by atoms with Crippen molar-refractivity contribution < 1.29 is 4.79 Å². The maximum Gasteiger partial charge on any atom is 0.237 e. The van der Waals surface area contributed by atoms with Gasteiger partial charge in [0, 0.05) is 5.69 Å². The highest BCUT2D eigenvalue weighted by Crippen LogP contribution is 2.34. The van der Waals surface area contributed by atoms with Crippen LogP contribution in [0.2, 0.25) is 0 Å². The van der Waals surface area contributed by atoms with Gasteiger partial charge in [-0.2, -0.15) is 0 Å². The molecule has 2 heterocycles. The summed E-state index contributed by atoms with van der Waals surface area (Å²) < 4.78 is 2.12. The monoisotopic (exact) mass is 434 g/mol. The molecule has 1 N–H and O–H groups in total. The summed E-state index contributed by atoms with van der Waals surface area (Å²) in [7, 11) is 0. The van der Waals surface area contributed by atoms with Crippen LogP contribution in [0, 0.1) is 0 Å². The van der Waals surface area contributed by atoms with Gasteiger partial charge in [0.2, 0.25) is 5.91 Å². The van der Waals surface area contributed by atoms with E-state index >= 15 is 0 Å². The highest BCUT2D eigenvalue weighted by Gasteiger charge is 2.24. The largest absolute Gasteiger partial charge is 0.325 e. The van der Waals surface area contributed by atoms with E-state index in [-0.39, 0.29) is 17.2 Å². The summed E-state index contributed by atoms with van der Waals surface area (Å²) in [5.41, 5.74) is 1.95. The van der Waals surface area contributed by atoms with Crippen molar-refractivity contribution >= 4 is 34.7 Å². The highest BCUT2D eigenvalue weighted by atomic mass is 32.2. The molecule has 2 atom stereocenters. The van der Waals surface area contributed by atoms with Crippen LogP contribution in [0.3, 0.4) is 0 Å². The number of nitrogens with one attached hydrogen (secondary N) is 1. The quantitative estimate of drug-likeness (QED) is 0.377. The Morgan fingerprint density at radius 1 is 0.967 bits per heavy atom. The van der Waals surface area contributed by atoms with Gasteiger partial charge in [-0.05, 0) is 43.0 Å². The number of thiophene rings is 1. The van der Waals surface area contributed by atoms with Crippen molar-refractivity contribution in [3.63, 3.8) is 0 Å². The van der Waals surface area contributed by atoms with E-state index in [0.29, 0.717) is 0 Å². The van der Waals surface area contributed by atoms with Gasteiger partial charge in [-0.3, -0.25) is 9.36 Å². The lowest BCUT2D eigenvalue weighted by Crippen LogP contribution is -2.23. The van der Waals surface area contributed by atoms with Crippen LogP contribution in [-0.4, -0.2) is 25.9 Å². The van der Waals surface area contributed by atoms with Crippen molar-refractivity contribution in [2.75, 3.05) is 5.32 Å². The molecule has 0 bridgehead atoms. The number of amides is 1. The van der Waals surface area contributed by atoms with Crippen molar-refractivity contribution in [2.45, 2.75) is 30.3 Å². The Bertz CT molecular complexity index is 1090. The summed E-state index contributed by atoms with van der Waals surface area (Å²) in [4.78, 5) is 13.8. The molecule has 30 heavy (non-hydrogen) atoms. The molecule has 2 unspecified atom stereocenters. The average Bonchev–Trinajstić information content (AvgIpc) is 3.44. The predicted molar refractivity (Wildman–Crippen MR) is 124 cm³/mol. The molecule has 0 saturated carbocycles. The smallest absolute Gasteiger partial charge is 0.237 e. The molecule has 1 amide bonds. The van der Waals surface area contributed by atoms with Crippen LogP contribution in [0.1, 0.15) is 25.5 Å². The lowest BCUT2D eigenvalue weighted by atomic mass is 10.1. The number of carbonyl (C=O) groups excluding carboxylic acids is 1. The Labute approximate surface area is 184 Å². The second-order valence-corrected chi connectivity index (χ2v) is 9.11. The molecule has 0 aliphatic rings. The molecule has 0 fully saturated rings. The van der Waals surface area contributed by atoms with Gasteiger partial charge < -0.3 is 5.32 Å². The summed E-state index contributed by atoms with van der Waals surface area (Å²) in [5.74, 6) is 0.755. The Kier molecular flexibility index (Phi) is 6.30. The van der Waals surface area contributed by atoms with Crippen molar-refractivity contribution in [2.24, 2.45) is 0 Å². The van der Waals surface area contributed by atoms with E-state index in [4.69, 9.17) is 0 Å². The number of aromatic nitrogens is 3. The first-order valence-corrected chi connectivity index (χ1v) is 11.5. The third-order valence-corrected chi connectivity index (χ3v) is 6.69. The second kappa shape index (κ2) is 9.28. The van der Waals surface area contributed by atoms with Gasteiger partial charge in [-0.15, -0.1) is 21.5 Å². The van der Waals surface area contributed by atoms with Gasteiger partial charge in [0.1, 0.15) is 0 Å². The van der Waals surface area contributed by atoms with E-state index in [1.54, 1.807) is 11.3 Å². The number of nitrogens with zero attached hydrogens (tertiary/aromatic N) is 3. The van der Waals surface area contributed by atoms with E-state index in [1.807, 2.05) is 73.0 Å². The Morgan fingerprint density at radius 2 is 1.67 bits per heavy atom. The molecule has 152 valence electrons. The first-order valence-electron chi connectivity index (χ1n) is 9.70. The number of carbonyl (C=O) groups is 1. The molecule has 5 nitrogen and oxygen atoms in total. The molecule has 4 rings (SSSR count). The first-order chi connectivity index (χ1) is 14.6. The second-order valence-electron chi connectivity index (χ2n) is 6.86. The van der Waals surface area contributed by atoms with Gasteiger partial charge in [0.25, 0.3) is 0 Å². The summed E-state index contributed by atoms with van der Waals surface area (Å²) in [5, 5.41) is 14.3. The zero-order valence-electron chi connectivity index (χ0n) is 16.7. The van der Waals surface area contributed by atoms with E-state index in [0.717, 1.165) is 21.5 Å². The molecule has 2 aromatic carbocycles. The normalized spacial score (nSPS) is 13.0. The number of hydrogen-bond donors (Lipinski definition) is 1. The standard InChI is InChI=1S/C23H22N4OS2/c1-16(18-10-5-3-6-11-18)27-21(20-14-9-15-29-20)25-26-23(27)30-17(2)22(28)24-19-12-7-4-8-13-19/h3-17H,1-2H3,(H,24,28). The Morgan fingerprint density at radius 3 is 2.33 bits per heavy atom. The van der Waals surface area contributed by atoms with Gasteiger partial charge in [-0.25, -0.2) is 0 Å². The summed E-state index contributed by atoms with van der Waals surface area (Å²) >= 11 is 3.05. The zero-order valence-corrected chi connectivity index (χ0v) is 18.4. The molecular formula is C23H22N4OS2. The van der Waals surface area contributed by atoms with Crippen molar-refractivity contribution in [3.8, 4) is 10.7 Å². The maximum atomic E-state index is 12.7. The molecular weight excluding hydrogens is 412 g/mol. The molecule has 0 spiro atoms. The van der Waals surface area contributed by atoms with Crippen LogP contribution in [0.25, 0.3) is 10.7 Å². The first kappa shape index (κ1) is 20.4. The minimum absolute atomic E-state index is 0.0326. The van der Waals surface area contributed by atoms with Crippen LogP contribution in [0.15, 0.2) is 83.3 Å². The van der Waals surface area contributed by atoms with Crippen molar-refractivity contribution in [1.82, 2.24) is 14.8 Å². The van der Waals surface area contributed by atoms with Gasteiger partial charge in [-0.1, -0.05) is 66.4 Å². The SMILES string of the molecule is CC(Sc1nnc(-c2cccs2)n1C(C)c1ccccc1)C(=O)Nc1ccccc1. The molecule has 7 heteroatoms. The van der Waals surface area contributed by atoms with Crippen molar-refractivity contribution in [1.29, 1.82) is 0 Å². The zero-order chi connectivity index (χ0) is 20.9. The number of para-hydroxylation sites is 1. The molecule has 0 saturated heterocycles. The number of benzene rings is 2. The minimum atomic E-state index is -0.327. The lowest BCUT2D eigenvalue weighted by molar-refractivity contribution is -0.115. The average molecular weight is 435 g/mol. The number of thioether (sulfide) groups is 1. The van der Waals surface area contributed by atoms with E-state index in [2.05, 4.69) is 39.1 Å². The minimum Gasteiger partial charge on any atom is -0.325 e. The van der Waals surface area contributed by atoms with Crippen LogP contribution >= 0.6 is 23.1 Å². The topological polar surface area (TPSA) is 59.8 Å². The van der Waals surface area contributed by atoms with Gasteiger partial charge in [0.05, 0.1) is 16.2 Å². The lowest BCUT2D eigenvalue weighted by Gasteiger charge is -2.19. The number of rotatable bonds is 7. The third kappa shape index (κ3) is 4.47. The van der Waals surface area contributed by atoms with Gasteiger partial charge >= 0.3 is 0 Å². The predicted octanol–water partition coefficient (Wildman–Crippen LogP) is 5.74. The fraction of sp³-hybridized carbons (Fsp3) is 0.174. The van der Waals surface area contributed by atoms with Gasteiger partial charge in [0.15, 0.2) is 11.0 Å². The van der Waals surface area contributed by atoms with Crippen LogP contribution in [0.5, 0.6) is 0 Å². The third-order valence-electron chi connectivity index (χ3n) is 4.77. The Hall–Kier alpha value is -2.90. The Balaban J connectivity index is 1.62. The van der Waals surface area contributed by atoms with E-state index in [1.165, 1.54) is 17.3 Å². The maximum absolute atomic E-state index is 12.7. The van der Waals surface area contributed by atoms with Crippen LogP contribution < -0.4 is 5.32 Å². The van der Waals surface area contributed by atoms with Crippen molar-refractivity contribution in [3.05, 3.63) is 83.7 Å². The molecule has 0 radical (unpaired) electrons. The fourth-order valence-electron chi connectivity index (χ4n) is 3.14. The summed E-state index contributed by atoms with van der Waals surface area (Å²) in [6.45, 7) is 4.02. The fourth-order valence-corrected chi connectivity index (χ4v) is 4.77. The van der Waals surface area contributed by atoms with Crippen LogP contribution in [-0.2, 0) is 4.79 Å². The summed E-state index contributed by atoms with van der Waals surface area (Å²) in [6, 6.07) is 23.8.